The van der Waals surface area contributed by atoms with Crippen molar-refractivity contribution in [1.82, 2.24) is 4.90 Å². The van der Waals surface area contributed by atoms with E-state index in [0.717, 1.165) is 39.0 Å². The number of nitrogens with zero attached hydrogens (tertiary/aromatic N) is 1. The van der Waals surface area contributed by atoms with Crippen molar-refractivity contribution in [1.29, 1.82) is 0 Å². The summed E-state index contributed by atoms with van der Waals surface area (Å²) in [5.74, 6) is 0.759. The summed E-state index contributed by atoms with van der Waals surface area (Å²) in [6, 6.07) is 0. The lowest BCUT2D eigenvalue weighted by Gasteiger charge is -2.33. The normalized spacial score (nSPS) is 28.6. The van der Waals surface area contributed by atoms with E-state index in [2.05, 4.69) is 0 Å². The first kappa shape index (κ1) is 15.7. The number of carbonyl (C=O) groups excluding carboxylic acids is 1. The highest BCUT2D eigenvalue weighted by Gasteiger charge is 2.25. The molecule has 2 unspecified atom stereocenters. The Balaban J connectivity index is 0.00000162. The molecule has 18 heavy (non-hydrogen) atoms. The molecule has 0 aromatic heterocycles. The Morgan fingerprint density at radius 2 is 2.11 bits per heavy atom. The monoisotopic (exact) mass is 276 g/mol. The van der Waals surface area contributed by atoms with Gasteiger partial charge in [-0.25, -0.2) is 0 Å². The number of piperidine rings is 1. The highest BCUT2D eigenvalue weighted by atomic mass is 35.5. The Kier molecular flexibility index (Phi) is 6.97. The van der Waals surface area contributed by atoms with Crippen LogP contribution in [0, 0.1) is 5.92 Å². The van der Waals surface area contributed by atoms with E-state index >= 15 is 0 Å². The minimum Gasteiger partial charge on any atom is -0.378 e. The number of nitrogens with two attached hydrogens (primary N) is 1. The third-order valence-corrected chi connectivity index (χ3v) is 3.88. The fourth-order valence-electron chi connectivity index (χ4n) is 2.78. The standard InChI is InChI=1S/C13H24N2O2.ClH/c14-9-11-4-3-6-15(10-11)13(16)8-12-5-1-2-7-17-12;/h11-12H,1-10,14H2;1H. The zero-order valence-electron chi connectivity index (χ0n) is 11.0. The Hall–Kier alpha value is -0.320. The van der Waals surface area contributed by atoms with Crippen molar-refractivity contribution < 1.29 is 9.53 Å². The van der Waals surface area contributed by atoms with E-state index in [1.165, 1.54) is 12.8 Å². The third kappa shape index (κ3) is 4.41. The van der Waals surface area contributed by atoms with Gasteiger partial charge in [-0.2, -0.15) is 0 Å². The average molecular weight is 277 g/mol. The van der Waals surface area contributed by atoms with Gasteiger partial charge in [0.15, 0.2) is 0 Å². The molecule has 2 aliphatic rings. The van der Waals surface area contributed by atoms with Crippen molar-refractivity contribution in [2.45, 2.75) is 44.6 Å². The van der Waals surface area contributed by atoms with Gasteiger partial charge in [0.25, 0.3) is 0 Å². The van der Waals surface area contributed by atoms with E-state index in [1.807, 2.05) is 4.90 Å². The van der Waals surface area contributed by atoms with Crippen molar-refractivity contribution in [3.8, 4) is 0 Å². The topological polar surface area (TPSA) is 55.6 Å². The number of hydrogen-bond acceptors (Lipinski definition) is 3. The van der Waals surface area contributed by atoms with Gasteiger partial charge in [0.1, 0.15) is 0 Å². The van der Waals surface area contributed by atoms with Gasteiger partial charge in [-0.3, -0.25) is 4.79 Å². The van der Waals surface area contributed by atoms with Crippen LogP contribution in [-0.2, 0) is 9.53 Å². The largest absolute Gasteiger partial charge is 0.378 e. The molecule has 2 aliphatic heterocycles. The molecule has 0 radical (unpaired) electrons. The molecule has 2 atom stereocenters. The van der Waals surface area contributed by atoms with Gasteiger partial charge in [-0.1, -0.05) is 0 Å². The van der Waals surface area contributed by atoms with Crippen LogP contribution < -0.4 is 5.73 Å². The summed E-state index contributed by atoms with van der Waals surface area (Å²) < 4.78 is 5.62. The molecule has 0 saturated carbocycles. The molecule has 5 heteroatoms. The van der Waals surface area contributed by atoms with Crippen LogP contribution in [0.3, 0.4) is 0 Å². The Morgan fingerprint density at radius 3 is 2.78 bits per heavy atom. The number of carbonyl (C=O) groups is 1. The molecule has 2 saturated heterocycles. The van der Waals surface area contributed by atoms with Crippen LogP contribution in [0.2, 0.25) is 0 Å². The third-order valence-electron chi connectivity index (χ3n) is 3.88. The van der Waals surface area contributed by atoms with Gasteiger partial charge in [-0.15, -0.1) is 12.4 Å². The molecule has 0 aliphatic carbocycles. The van der Waals surface area contributed by atoms with Gasteiger partial charge < -0.3 is 15.4 Å². The van der Waals surface area contributed by atoms with Crippen LogP contribution in [0.4, 0.5) is 0 Å². The average Bonchev–Trinajstić information content (AvgIpc) is 2.40. The van der Waals surface area contributed by atoms with E-state index in [0.29, 0.717) is 18.9 Å². The second-order valence-corrected chi connectivity index (χ2v) is 5.28. The van der Waals surface area contributed by atoms with Crippen molar-refractivity contribution in [3.63, 3.8) is 0 Å². The van der Waals surface area contributed by atoms with E-state index in [1.54, 1.807) is 0 Å². The second kappa shape index (κ2) is 7.97. The number of rotatable bonds is 3. The Bertz CT molecular complexity index is 257. The van der Waals surface area contributed by atoms with Crippen LogP contribution in [0.25, 0.3) is 0 Å². The molecule has 0 bridgehead atoms. The van der Waals surface area contributed by atoms with E-state index < -0.39 is 0 Å². The van der Waals surface area contributed by atoms with Gasteiger partial charge in [0.2, 0.25) is 5.91 Å². The molecule has 0 spiro atoms. The lowest BCUT2D eigenvalue weighted by atomic mass is 9.97. The zero-order valence-corrected chi connectivity index (χ0v) is 11.8. The maximum Gasteiger partial charge on any atom is 0.225 e. The van der Waals surface area contributed by atoms with Gasteiger partial charge in [-0.05, 0) is 44.6 Å². The first-order chi connectivity index (χ1) is 8.29. The predicted molar refractivity (Wildman–Crippen MR) is 73.8 cm³/mol. The highest BCUT2D eigenvalue weighted by Crippen LogP contribution is 2.20. The number of amides is 1. The lowest BCUT2D eigenvalue weighted by Crippen LogP contribution is -2.43. The van der Waals surface area contributed by atoms with E-state index in [9.17, 15) is 4.79 Å². The molecule has 1 amide bonds. The van der Waals surface area contributed by atoms with Crippen molar-refractivity contribution in [2.24, 2.45) is 11.7 Å². The predicted octanol–water partition coefficient (Wildman–Crippen LogP) is 1.56. The number of hydrogen-bond donors (Lipinski definition) is 1. The molecule has 2 rings (SSSR count). The van der Waals surface area contributed by atoms with Crippen LogP contribution in [0.1, 0.15) is 38.5 Å². The van der Waals surface area contributed by atoms with Crippen molar-refractivity contribution >= 4 is 18.3 Å². The van der Waals surface area contributed by atoms with Crippen molar-refractivity contribution in [3.05, 3.63) is 0 Å². The maximum atomic E-state index is 12.1. The Labute approximate surface area is 116 Å². The molecule has 0 aromatic rings. The SMILES string of the molecule is Cl.NCC1CCCN(C(=O)CC2CCCCO2)C1. The fraction of sp³-hybridized carbons (Fsp3) is 0.923. The molecule has 2 heterocycles. The first-order valence-corrected chi connectivity index (χ1v) is 6.89. The zero-order chi connectivity index (χ0) is 12.1. The van der Waals surface area contributed by atoms with E-state index in [4.69, 9.17) is 10.5 Å². The second-order valence-electron chi connectivity index (χ2n) is 5.28. The molecule has 2 N–H and O–H groups in total. The number of likely N-dealkylation sites (tertiary alicyclic amines) is 1. The molecule has 2 fully saturated rings. The fourth-order valence-corrected chi connectivity index (χ4v) is 2.78. The quantitative estimate of drug-likeness (QED) is 0.851. The lowest BCUT2D eigenvalue weighted by molar-refractivity contribution is -0.136. The summed E-state index contributed by atoms with van der Waals surface area (Å²) in [4.78, 5) is 14.1. The summed E-state index contributed by atoms with van der Waals surface area (Å²) in [5, 5.41) is 0. The molecular weight excluding hydrogens is 252 g/mol. The van der Waals surface area contributed by atoms with Crippen molar-refractivity contribution in [2.75, 3.05) is 26.2 Å². The summed E-state index contributed by atoms with van der Waals surface area (Å²) in [7, 11) is 0. The summed E-state index contributed by atoms with van der Waals surface area (Å²) in [5.41, 5.74) is 5.69. The summed E-state index contributed by atoms with van der Waals surface area (Å²) in [6.07, 6.45) is 6.37. The first-order valence-electron chi connectivity index (χ1n) is 6.89. The molecule has 0 aromatic carbocycles. The van der Waals surface area contributed by atoms with Crippen LogP contribution in [-0.4, -0.2) is 43.2 Å². The molecule has 4 nitrogen and oxygen atoms in total. The van der Waals surface area contributed by atoms with Gasteiger partial charge in [0, 0.05) is 19.7 Å². The highest BCUT2D eigenvalue weighted by molar-refractivity contribution is 5.85. The van der Waals surface area contributed by atoms with Crippen LogP contribution in [0.5, 0.6) is 0 Å². The van der Waals surface area contributed by atoms with Gasteiger partial charge >= 0.3 is 0 Å². The summed E-state index contributed by atoms with van der Waals surface area (Å²) >= 11 is 0. The minimum atomic E-state index is 0. The Morgan fingerprint density at radius 1 is 1.28 bits per heavy atom. The van der Waals surface area contributed by atoms with E-state index in [-0.39, 0.29) is 24.4 Å². The summed E-state index contributed by atoms with van der Waals surface area (Å²) in [6.45, 7) is 3.27. The number of ether oxygens (including phenoxy) is 1. The maximum absolute atomic E-state index is 12.1. The number of halogens is 1. The molecule has 106 valence electrons. The smallest absolute Gasteiger partial charge is 0.225 e. The van der Waals surface area contributed by atoms with Crippen LogP contribution >= 0.6 is 12.4 Å². The van der Waals surface area contributed by atoms with Gasteiger partial charge in [0.05, 0.1) is 12.5 Å². The molecular formula is C13H25ClN2O2. The minimum absolute atomic E-state index is 0. The van der Waals surface area contributed by atoms with Crippen LogP contribution in [0.15, 0.2) is 0 Å².